The van der Waals surface area contributed by atoms with Gasteiger partial charge in [0.05, 0.1) is 24.6 Å². The summed E-state index contributed by atoms with van der Waals surface area (Å²) < 4.78 is 2.69. The highest BCUT2D eigenvalue weighted by atomic mass is 79.9. The lowest BCUT2D eigenvalue weighted by Gasteiger charge is -2.05. The van der Waals surface area contributed by atoms with Crippen LogP contribution in [-0.4, -0.2) is 33.4 Å². The molecule has 0 bridgehead atoms. The number of amides is 1. The summed E-state index contributed by atoms with van der Waals surface area (Å²) in [6.07, 6.45) is 6.28. The van der Waals surface area contributed by atoms with Crippen LogP contribution in [-0.2, 0) is 11.3 Å². The molecule has 0 aliphatic heterocycles. The highest BCUT2D eigenvalue weighted by molar-refractivity contribution is 9.10. The van der Waals surface area contributed by atoms with E-state index in [4.69, 9.17) is 0 Å². The molecule has 0 aliphatic rings. The van der Waals surface area contributed by atoms with Crippen molar-refractivity contribution in [3.05, 3.63) is 28.9 Å². The van der Waals surface area contributed by atoms with Crippen LogP contribution in [0.3, 0.4) is 0 Å². The van der Waals surface area contributed by atoms with Crippen LogP contribution < -0.4 is 10.6 Å². The molecule has 19 heavy (non-hydrogen) atoms. The summed E-state index contributed by atoms with van der Waals surface area (Å²) in [6, 6.07) is 0. The Morgan fingerprint density at radius 2 is 2.26 bits per heavy atom. The summed E-state index contributed by atoms with van der Waals surface area (Å²) >= 11 is 3.33. The molecule has 0 saturated heterocycles. The molecule has 2 heterocycles. The van der Waals surface area contributed by atoms with Crippen molar-refractivity contribution >= 4 is 27.5 Å². The Bertz CT molecular complexity index is 568. The molecule has 1 amide bonds. The number of carbonyl (C=O) groups is 1. The van der Waals surface area contributed by atoms with E-state index in [1.54, 1.807) is 12.4 Å². The number of nitrogens with zero attached hydrogens (tertiary/aromatic N) is 3. The third kappa shape index (κ3) is 3.74. The van der Waals surface area contributed by atoms with Crippen LogP contribution in [0.4, 0.5) is 0 Å². The monoisotopic (exact) mass is 325 g/mol. The van der Waals surface area contributed by atoms with Gasteiger partial charge in [0, 0.05) is 19.3 Å². The van der Waals surface area contributed by atoms with Gasteiger partial charge < -0.3 is 10.6 Å². The maximum Gasteiger partial charge on any atom is 0.233 e. The lowest BCUT2D eigenvalue weighted by Crippen LogP contribution is -2.34. The number of carbonyl (C=O) groups excluding carboxylic acids is 1. The van der Waals surface area contributed by atoms with E-state index >= 15 is 0 Å². The Morgan fingerprint density at radius 3 is 3.05 bits per heavy atom. The predicted molar refractivity (Wildman–Crippen MR) is 75.7 cm³/mol. The molecule has 2 aromatic rings. The SMILES string of the molecule is CCCNC(=O)CNCc1cnc2cnc(Br)cn12. The summed E-state index contributed by atoms with van der Waals surface area (Å²) in [5, 5.41) is 5.92. The highest BCUT2D eigenvalue weighted by Crippen LogP contribution is 2.10. The molecule has 6 nitrogen and oxygen atoms in total. The van der Waals surface area contributed by atoms with Crippen molar-refractivity contribution in [3.63, 3.8) is 0 Å². The number of hydrogen-bond acceptors (Lipinski definition) is 4. The molecule has 2 N–H and O–H groups in total. The van der Waals surface area contributed by atoms with Crippen LogP contribution in [0.5, 0.6) is 0 Å². The van der Waals surface area contributed by atoms with Crippen molar-refractivity contribution in [1.82, 2.24) is 25.0 Å². The Labute approximate surface area is 119 Å². The second-order valence-corrected chi connectivity index (χ2v) is 4.95. The highest BCUT2D eigenvalue weighted by Gasteiger charge is 2.05. The van der Waals surface area contributed by atoms with Crippen LogP contribution in [0.25, 0.3) is 5.65 Å². The molecule has 0 radical (unpaired) electrons. The van der Waals surface area contributed by atoms with E-state index in [0.29, 0.717) is 13.1 Å². The Hall–Kier alpha value is -1.47. The van der Waals surface area contributed by atoms with E-state index in [1.165, 1.54) is 0 Å². The van der Waals surface area contributed by atoms with E-state index < -0.39 is 0 Å². The molecule has 0 aliphatic carbocycles. The van der Waals surface area contributed by atoms with Gasteiger partial charge in [0.15, 0.2) is 5.65 Å². The normalized spacial score (nSPS) is 10.8. The van der Waals surface area contributed by atoms with Gasteiger partial charge in [-0.05, 0) is 22.4 Å². The van der Waals surface area contributed by atoms with E-state index in [0.717, 1.165) is 28.9 Å². The van der Waals surface area contributed by atoms with Gasteiger partial charge in [-0.1, -0.05) is 6.92 Å². The van der Waals surface area contributed by atoms with Crippen molar-refractivity contribution in [3.8, 4) is 0 Å². The molecule has 2 aromatic heterocycles. The maximum absolute atomic E-state index is 11.4. The van der Waals surface area contributed by atoms with Crippen molar-refractivity contribution < 1.29 is 4.79 Å². The van der Waals surface area contributed by atoms with Gasteiger partial charge in [-0.25, -0.2) is 9.97 Å². The smallest absolute Gasteiger partial charge is 0.233 e. The molecule has 0 fully saturated rings. The summed E-state index contributed by atoms with van der Waals surface area (Å²) in [6.45, 7) is 3.63. The molecule has 2 rings (SSSR count). The van der Waals surface area contributed by atoms with Crippen molar-refractivity contribution in [2.45, 2.75) is 19.9 Å². The number of halogens is 1. The Balaban J connectivity index is 1.91. The molecule has 0 spiro atoms. The quantitative estimate of drug-likeness (QED) is 0.834. The van der Waals surface area contributed by atoms with Crippen LogP contribution in [0.2, 0.25) is 0 Å². The minimum atomic E-state index is 0.0125. The maximum atomic E-state index is 11.4. The number of fused-ring (bicyclic) bond motifs is 1. The van der Waals surface area contributed by atoms with Crippen LogP contribution in [0.15, 0.2) is 23.2 Å². The third-order valence-electron chi connectivity index (χ3n) is 2.60. The van der Waals surface area contributed by atoms with E-state index in [9.17, 15) is 4.79 Å². The van der Waals surface area contributed by atoms with Gasteiger partial charge in [0.2, 0.25) is 5.91 Å². The molecule has 0 unspecified atom stereocenters. The fourth-order valence-corrected chi connectivity index (χ4v) is 1.98. The Kier molecular flexibility index (Phi) is 4.86. The van der Waals surface area contributed by atoms with Crippen molar-refractivity contribution in [2.75, 3.05) is 13.1 Å². The summed E-state index contributed by atoms with van der Waals surface area (Å²) in [5.74, 6) is 0.0125. The van der Waals surface area contributed by atoms with Crippen LogP contribution in [0, 0.1) is 0 Å². The third-order valence-corrected chi connectivity index (χ3v) is 3.01. The lowest BCUT2D eigenvalue weighted by molar-refractivity contribution is -0.120. The van der Waals surface area contributed by atoms with Crippen LogP contribution in [0.1, 0.15) is 19.0 Å². The topological polar surface area (TPSA) is 71.3 Å². The minimum absolute atomic E-state index is 0.0125. The van der Waals surface area contributed by atoms with Gasteiger partial charge in [-0.15, -0.1) is 0 Å². The summed E-state index contributed by atoms with van der Waals surface area (Å²) in [4.78, 5) is 19.8. The average Bonchev–Trinajstić information content (AvgIpc) is 2.79. The summed E-state index contributed by atoms with van der Waals surface area (Å²) in [7, 11) is 0. The number of nitrogens with one attached hydrogen (secondary N) is 2. The van der Waals surface area contributed by atoms with Gasteiger partial charge in [-0.3, -0.25) is 9.20 Å². The molecular weight excluding hydrogens is 310 g/mol. The molecular formula is C12H16BrN5O. The van der Waals surface area contributed by atoms with Gasteiger partial charge in [-0.2, -0.15) is 0 Å². The first-order valence-corrected chi connectivity index (χ1v) is 6.95. The van der Waals surface area contributed by atoms with Gasteiger partial charge >= 0.3 is 0 Å². The van der Waals surface area contributed by atoms with E-state index in [-0.39, 0.29) is 5.91 Å². The first kappa shape index (κ1) is 14.0. The van der Waals surface area contributed by atoms with Crippen molar-refractivity contribution in [1.29, 1.82) is 0 Å². The largest absolute Gasteiger partial charge is 0.355 e. The van der Waals surface area contributed by atoms with Gasteiger partial charge in [0.1, 0.15) is 4.60 Å². The minimum Gasteiger partial charge on any atom is -0.355 e. The Morgan fingerprint density at radius 1 is 1.42 bits per heavy atom. The lowest BCUT2D eigenvalue weighted by atomic mass is 10.4. The second-order valence-electron chi connectivity index (χ2n) is 4.14. The molecule has 0 saturated carbocycles. The average molecular weight is 326 g/mol. The number of aromatic nitrogens is 3. The zero-order valence-electron chi connectivity index (χ0n) is 10.7. The summed E-state index contributed by atoms with van der Waals surface area (Å²) in [5.41, 5.74) is 1.77. The number of hydrogen-bond donors (Lipinski definition) is 2. The zero-order valence-corrected chi connectivity index (χ0v) is 12.3. The van der Waals surface area contributed by atoms with Gasteiger partial charge in [0.25, 0.3) is 0 Å². The van der Waals surface area contributed by atoms with E-state index in [2.05, 4.69) is 36.5 Å². The standard InChI is InChI=1S/C12H16BrN5O/c1-2-3-15-12(19)7-14-4-9-5-17-11-6-16-10(13)8-18(9)11/h5-6,8,14H,2-4,7H2,1H3,(H,15,19). The fraction of sp³-hybridized carbons (Fsp3) is 0.417. The molecule has 7 heteroatoms. The fourth-order valence-electron chi connectivity index (χ4n) is 1.68. The van der Waals surface area contributed by atoms with E-state index in [1.807, 2.05) is 17.5 Å². The molecule has 102 valence electrons. The molecule has 0 aromatic carbocycles. The first-order valence-electron chi connectivity index (χ1n) is 6.15. The predicted octanol–water partition coefficient (Wildman–Crippen LogP) is 1.11. The van der Waals surface area contributed by atoms with Crippen LogP contribution >= 0.6 is 15.9 Å². The second kappa shape index (κ2) is 6.63. The zero-order chi connectivity index (χ0) is 13.7. The first-order chi connectivity index (χ1) is 9.20. The molecule has 0 atom stereocenters. The number of imidazole rings is 1. The van der Waals surface area contributed by atoms with Crippen molar-refractivity contribution in [2.24, 2.45) is 0 Å². The number of rotatable bonds is 6.